The summed E-state index contributed by atoms with van der Waals surface area (Å²) in [6.07, 6.45) is 18.5. The van der Waals surface area contributed by atoms with Crippen LogP contribution in [0.4, 0.5) is 0 Å². The fourth-order valence-corrected chi connectivity index (χ4v) is 10.8. The Hall–Kier alpha value is -8.06. The second kappa shape index (κ2) is 33.6. The maximum absolute atomic E-state index is 5.42. The zero-order valence-electron chi connectivity index (χ0n) is 47.9. The lowest BCUT2D eigenvalue weighted by Gasteiger charge is -2.15. The van der Waals surface area contributed by atoms with Gasteiger partial charge in [0.2, 0.25) is 0 Å². The van der Waals surface area contributed by atoms with E-state index in [4.69, 9.17) is 28.4 Å². The SMILES string of the molecule is c1ccc2c(c1)CCC2.c1ccc2c(c1)CCCC2.c1ccc2c(c1)CCCO2.c1ccc2c(c1)CCCO2.c1ccc2c(c1)CCCO2.c1ccc2c(c1)CCO2.c1ccc2c(c1)CCO2.c1ccc2c(c1)COC2.c1ccccc1. The van der Waals surface area contributed by atoms with E-state index >= 15 is 0 Å². The summed E-state index contributed by atoms with van der Waals surface area (Å²) in [6.45, 7) is 5.98. The third-order valence-electron chi connectivity index (χ3n) is 15.2. The molecule has 0 unspecified atom stereocenters. The summed E-state index contributed by atoms with van der Waals surface area (Å²) in [5.74, 6) is 5.37. The number of para-hydroxylation sites is 5. The van der Waals surface area contributed by atoms with Crippen molar-refractivity contribution in [3.63, 3.8) is 0 Å². The van der Waals surface area contributed by atoms with Crippen molar-refractivity contribution < 1.29 is 28.4 Å². The molecule has 9 aromatic carbocycles. The lowest BCUT2D eigenvalue weighted by atomic mass is 9.92. The molecule has 82 heavy (non-hydrogen) atoms. The second-order valence-electron chi connectivity index (χ2n) is 21.1. The average Bonchev–Trinajstić information content (AvgIpc) is 4.45. The second-order valence-corrected chi connectivity index (χ2v) is 21.1. The number of ether oxygens (including phenoxy) is 6. The molecule has 0 N–H and O–H groups in total. The minimum absolute atomic E-state index is 0.802. The van der Waals surface area contributed by atoms with E-state index in [2.05, 4.69) is 109 Å². The predicted molar refractivity (Wildman–Crippen MR) is 335 cm³/mol. The molecule has 0 atom stereocenters. The molecule has 0 aromatic heterocycles. The molecule has 0 bridgehead atoms. The van der Waals surface area contributed by atoms with Crippen LogP contribution in [0.5, 0.6) is 28.7 Å². The first-order valence-corrected chi connectivity index (χ1v) is 30.0. The van der Waals surface area contributed by atoms with Crippen LogP contribution in [-0.4, -0.2) is 33.0 Å². The maximum atomic E-state index is 5.42. The largest absolute Gasteiger partial charge is 0.493 e. The molecule has 6 heterocycles. The van der Waals surface area contributed by atoms with E-state index in [0.29, 0.717) is 0 Å². The standard InChI is InChI=1S/C10H12.3C9H10O.C9H10.3C8H8O.C6H6/c1-2-6-10-8-4-3-7-9(10)5-1;3*1-2-6-9-8(4-1)5-3-7-10-9;1-2-5-9-7-3-6-8(9)4-1;1-2-4-8-6-9-5-7(8)3-1;2*1-2-4-8-7(3-1)5-6-9-8;1-2-4-6-5-3-1/h1-2,5-6H,3-4,7-8H2;3*1-2,4,6H,3,5,7H2;1-2,4-5H,3,6-7H2;3*1-4H,5-6H2;1-6H. The van der Waals surface area contributed by atoms with E-state index in [0.717, 1.165) is 107 Å². The lowest BCUT2D eigenvalue weighted by molar-refractivity contribution is 0.134. The number of rotatable bonds is 0. The zero-order valence-corrected chi connectivity index (χ0v) is 47.9. The predicted octanol–water partition coefficient (Wildman–Crippen LogP) is 17.4. The van der Waals surface area contributed by atoms with Crippen LogP contribution >= 0.6 is 0 Å². The summed E-state index contributed by atoms with van der Waals surface area (Å²) in [6, 6.07) is 79.0. The average molecular weight is 1090 g/mol. The Balaban J connectivity index is 0.000000111. The third kappa shape index (κ3) is 19.0. The van der Waals surface area contributed by atoms with Gasteiger partial charge in [0.25, 0.3) is 0 Å². The Kier molecular flexibility index (Phi) is 24.0. The molecule has 0 fully saturated rings. The molecule has 6 aliphatic heterocycles. The van der Waals surface area contributed by atoms with E-state index in [-0.39, 0.29) is 0 Å². The molecular formula is C76H82O6. The van der Waals surface area contributed by atoms with Gasteiger partial charge in [-0.05, 0) is 175 Å². The summed E-state index contributed by atoms with van der Waals surface area (Å²) in [4.78, 5) is 0. The number of benzene rings is 9. The van der Waals surface area contributed by atoms with E-state index < -0.39 is 0 Å². The van der Waals surface area contributed by atoms with E-state index in [1.165, 1.54) is 103 Å². The van der Waals surface area contributed by atoms with Crippen LogP contribution in [-0.2, 0) is 75.7 Å². The van der Waals surface area contributed by atoms with Gasteiger partial charge in [-0.15, -0.1) is 0 Å². The summed E-state index contributed by atoms with van der Waals surface area (Å²) >= 11 is 0. The molecule has 0 spiro atoms. The molecule has 8 aliphatic rings. The molecule has 9 aromatic rings. The quantitative estimate of drug-likeness (QED) is 0.151. The molecule has 422 valence electrons. The summed E-state index contributed by atoms with van der Waals surface area (Å²) in [5, 5.41) is 0. The molecule has 6 nitrogen and oxygen atoms in total. The van der Waals surface area contributed by atoms with Crippen molar-refractivity contribution in [3.05, 3.63) is 292 Å². The number of hydrogen-bond donors (Lipinski definition) is 0. The molecule has 2 aliphatic carbocycles. The normalized spacial score (nSPS) is 14.9. The smallest absolute Gasteiger partial charge is 0.122 e. The first kappa shape index (κ1) is 58.6. The molecule has 0 saturated heterocycles. The highest BCUT2D eigenvalue weighted by Crippen LogP contribution is 2.28. The Morgan fingerprint density at radius 1 is 0.171 bits per heavy atom. The highest BCUT2D eigenvalue weighted by molar-refractivity contribution is 5.39. The number of hydrogen-bond acceptors (Lipinski definition) is 6. The van der Waals surface area contributed by atoms with Gasteiger partial charge in [-0.25, -0.2) is 0 Å². The minimum atomic E-state index is 0.802. The van der Waals surface area contributed by atoms with E-state index in [1.54, 1.807) is 22.3 Å². The van der Waals surface area contributed by atoms with Gasteiger partial charge in [0.15, 0.2) is 0 Å². The van der Waals surface area contributed by atoms with Crippen molar-refractivity contribution in [2.75, 3.05) is 33.0 Å². The molecule has 0 radical (unpaired) electrons. The van der Waals surface area contributed by atoms with Gasteiger partial charge in [-0.2, -0.15) is 0 Å². The van der Waals surface area contributed by atoms with Gasteiger partial charge in [-0.3, -0.25) is 0 Å². The molecular weight excluding hydrogens is 1010 g/mol. The van der Waals surface area contributed by atoms with Crippen molar-refractivity contribution >= 4 is 0 Å². The van der Waals surface area contributed by atoms with Crippen molar-refractivity contribution in [2.24, 2.45) is 0 Å². The van der Waals surface area contributed by atoms with Crippen LogP contribution < -0.4 is 23.7 Å². The zero-order chi connectivity index (χ0) is 55.9. The van der Waals surface area contributed by atoms with Crippen LogP contribution in [0.3, 0.4) is 0 Å². The van der Waals surface area contributed by atoms with Crippen LogP contribution in [0.1, 0.15) is 99.7 Å². The Labute approximate surface area is 489 Å². The first-order valence-electron chi connectivity index (χ1n) is 30.0. The van der Waals surface area contributed by atoms with Crippen molar-refractivity contribution in [3.8, 4) is 28.7 Å². The highest BCUT2D eigenvalue weighted by atomic mass is 16.5. The number of aryl methyl sites for hydroxylation is 7. The molecule has 0 saturated carbocycles. The molecule has 17 rings (SSSR count). The minimum Gasteiger partial charge on any atom is -0.493 e. The number of fused-ring (bicyclic) bond motifs is 8. The molecule has 6 heteroatoms. The summed E-state index contributed by atoms with van der Waals surface area (Å²) < 4.78 is 32.1. The molecule has 0 amide bonds. The highest BCUT2D eigenvalue weighted by Gasteiger charge is 2.13. The maximum Gasteiger partial charge on any atom is 0.122 e. The summed E-state index contributed by atoms with van der Waals surface area (Å²) in [7, 11) is 0. The van der Waals surface area contributed by atoms with Gasteiger partial charge >= 0.3 is 0 Å². The van der Waals surface area contributed by atoms with Gasteiger partial charge in [0.05, 0.1) is 46.2 Å². The van der Waals surface area contributed by atoms with Crippen LogP contribution in [0.15, 0.2) is 231 Å². The van der Waals surface area contributed by atoms with Gasteiger partial charge in [0.1, 0.15) is 28.7 Å². The van der Waals surface area contributed by atoms with Crippen LogP contribution in [0.25, 0.3) is 0 Å². The van der Waals surface area contributed by atoms with Crippen molar-refractivity contribution in [1.82, 2.24) is 0 Å². The van der Waals surface area contributed by atoms with Crippen LogP contribution in [0.2, 0.25) is 0 Å². The van der Waals surface area contributed by atoms with Gasteiger partial charge < -0.3 is 28.4 Å². The lowest BCUT2D eigenvalue weighted by Crippen LogP contribution is -2.07. The first-order chi connectivity index (χ1) is 40.7. The Bertz CT molecular complexity index is 2640. The van der Waals surface area contributed by atoms with Crippen LogP contribution in [0, 0.1) is 0 Å². The van der Waals surface area contributed by atoms with E-state index in [9.17, 15) is 0 Å². The summed E-state index contributed by atoms with van der Waals surface area (Å²) in [5.41, 5.74) is 15.7. The Morgan fingerprint density at radius 3 is 0.671 bits per heavy atom. The fourth-order valence-electron chi connectivity index (χ4n) is 10.8. The van der Waals surface area contributed by atoms with Crippen molar-refractivity contribution in [2.45, 2.75) is 110 Å². The fraction of sp³-hybridized carbons (Fsp3) is 0.289. The van der Waals surface area contributed by atoms with Crippen molar-refractivity contribution in [1.29, 1.82) is 0 Å². The third-order valence-corrected chi connectivity index (χ3v) is 15.2. The Morgan fingerprint density at radius 2 is 0.390 bits per heavy atom. The monoisotopic (exact) mass is 1090 g/mol. The topological polar surface area (TPSA) is 55.4 Å². The van der Waals surface area contributed by atoms with Gasteiger partial charge in [0, 0.05) is 12.8 Å². The van der Waals surface area contributed by atoms with Gasteiger partial charge in [-0.1, -0.05) is 200 Å². The van der Waals surface area contributed by atoms with E-state index in [1.807, 2.05) is 121 Å².